The van der Waals surface area contributed by atoms with Crippen LogP contribution in [0.3, 0.4) is 0 Å². The predicted molar refractivity (Wildman–Crippen MR) is 68.9 cm³/mol. The van der Waals surface area contributed by atoms with Crippen LogP contribution in [0.5, 0.6) is 5.75 Å². The van der Waals surface area contributed by atoms with Crippen molar-refractivity contribution < 1.29 is 32.3 Å². The Morgan fingerprint density at radius 2 is 2.09 bits per heavy atom. The number of aliphatic hydroxyl groups excluding tert-OH is 1. The van der Waals surface area contributed by atoms with Crippen LogP contribution in [0, 0.1) is 0 Å². The largest absolute Gasteiger partial charge is 0.486 e. The van der Waals surface area contributed by atoms with E-state index in [0.29, 0.717) is 6.61 Å². The van der Waals surface area contributed by atoms with E-state index >= 15 is 0 Å². The summed E-state index contributed by atoms with van der Waals surface area (Å²) in [6, 6.07) is 5.92. The van der Waals surface area contributed by atoms with Gasteiger partial charge in [0.15, 0.2) is 5.76 Å². The third-order valence-corrected chi connectivity index (χ3v) is 2.70. The molecule has 0 bridgehead atoms. The van der Waals surface area contributed by atoms with Crippen molar-refractivity contribution in [2.75, 3.05) is 6.61 Å². The van der Waals surface area contributed by atoms with Crippen LogP contribution in [0.2, 0.25) is 0 Å². The molecule has 2 aromatic rings. The molecule has 0 saturated carbocycles. The molecule has 0 fully saturated rings. The summed E-state index contributed by atoms with van der Waals surface area (Å²) in [7, 11) is 0. The monoisotopic (exact) mass is 317 g/mol. The van der Waals surface area contributed by atoms with Crippen molar-refractivity contribution in [1.29, 1.82) is 0 Å². The highest BCUT2D eigenvalue weighted by Crippen LogP contribution is 2.31. The van der Waals surface area contributed by atoms with Gasteiger partial charge in [-0.05, 0) is 25.1 Å². The van der Waals surface area contributed by atoms with E-state index in [1.54, 1.807) is 6.92 Å². The lowest BCUT2D eigenvalue weighted by Gasteiger charge is -2.09. The number of aliphatic hydroxyl groups is 1. The second-order valence-corrected chi connectivity index (χ2v) is 4.34. The third kappa shape index (κ3) is 4.22. The van der Waals surface area contributed by atoms with Crippen LogP contribution in [-0.4, -0.2) is 16.9 Å². The summed E-state index contributed by atoms with van der Waals surface area (Å²) >= 11 is 0. The molecule has 0 spiro atoms. The fourth-order valence-electron chi connectivity index (χ4n) is 1.67. The van der Waals surface area contributed by atoms with E-state index in [9.17, 15) is 18.3 Å². The van der Waals surface area contributed by atoms with E-state index in [1.165, 1.54) is 18.2 Å². The van der Waals surface area contributed by atoms with Gasteiger partial charge in [0.1, 0.15) is 18.1 Å². The number of halogens is 3. The summed E-state index contributed by atoms with van der Waals surface area (Å²) in [6.07, 6.45) is -5.64. The van der Waals surface area contributed by atoms with E-state index in [2.05, 4.69) is 5.16 Å². The normalized spacial score (nSPS) is 13.1. The molecule has 8 heteroatoms. The van der Waals surface area contributed by atoms with Crippen molar-refractivity contribution in [1.82, 2.24) is 5.16 Å². The van der Waals surface area contributed by atoms with Crippen molar-refractivity contribution in [3.8, 4) is 5.75 Å². The van der Waals surface area contributed by atoms with Crippen LogP contribution >= 0.6 is 0 Å². The second kappa shape index (κ2) is 6.80. The second-order valence-electron chi connectivity index (χ2n) is 4.34. The highest BCUT2D eigenvalue weighted by Gasteiger charge is 2.30. The average Bonchev–Trinajstić information content (AvgIpc) is 2.94. The van der Waals surface area contributed by atoms with E-state index in [4.69, 9.17) is 14.0 Å². The molecule has 120 valence electrons. The fraction of sp³-hybridized carbons (Fsp3) is 0.357. The Kier molecular flexibility index (Phi) is 5.04. The molecular weight excluding hydrogens is 303 g/mol. The van der Waals surface area contributed by atoms with Gasteiger partial charge >= 0.3 is 6.18 Å². The summed E-state index contributed by atoms with van der Waals surface area (Å²) in [6.45, 7) is 1.89. The first-order valence-corrected chi connectivity index (χ1v) is 6.45. The Labute approximate surface area is 124 Å². The lowest BCUT2D eigenvalue weighted by atomic mass is 10.2. The van der Waals surface area contributed by atoms with Gasteiger partial charge in [-0.1, -0.05) is 11.2 Å². The van der Waals surface area contributed by atoms with E-state index < -0.39 is 18.0 Å². The van der Waals surface area contributed by atoms with Crippen molar-refractivity contribution in [2.45, 2.75) is 26.0 Å². The zero-order valence-corrected chi connectivity index (χ0v) is 11.6. The summed E-state index contributed by atoms with van der Waals surface area (Å²) < 4.78 is 52.8. The van der Waals surface area contributed by atoms with Crippen LogP contribution in [-0.2, 0) is 17.5 Å². The first-order valence-electron chi connectivity index (χ1n) is 6.45. The summed E-state index contributed by atoms with van der Waals surface area (Å²) in [5.74, 6) is 0.310. The van der Waals surface area contributed by atoms with E-state index in [0.717, 1.165) is 12.1 Å². The van der Waals surface area contributed by atoms with Crippen LogP contribution in [0.4, 0.5) is 13.2 Å². The zero-order chi connectivity index (χ0) is 16.2. The number of hydrogen-bond donors (Lipinski definition) is 1. The van der Waals surface area contributed by atoms with Gasteiger partial charge in [-0.25, -0.2) is 0 Å². The number of alkyl halides is 3. The Bertz CT molecular complexity index is 612. The molecule has 1 aromatic heterocycles. The van der Waals surface area contributed by atoms with Gasteiger partial charge in [0, 0.05) is 12.7 Å². The highest BCUT2D eigenvalue weighted by molar-refractivity contribution is 5.30. The molecule has 0 amide bonds. The molecule has 1 N–H and O–H groups in total. The van der Waals surface area contributed by atoms with Crippen molar-refractivity contribution >= 4 is 0 Å². The van der Waals surface area contributed by atoms with Gasteiger partial charge in [-0.2, -0.15) is 13.2 Å². The van der Waals surface area contributed by atoms with Crippen molar-refractivity contribution in [3.05, 3.63) is 47.3 Å². The van der Waals surface area contributed by atoms with Crippen LogP contribution in [0.25, 0.3) is 0 Å². The number of hydrogen-bond acceptors (Lipinski definition) is 5. The minimum atomic E-state index is -4.43. The number of benzene rings is 1. The van der Waals surface area contributed by atoms with Crippen LogP contribution < -0.4 is 4.74 Å². The van der Waals surface area contributed by atoms with Crippen molar-refractivity contribution in [3.63, 3.8) is 0 Å². The molecule has 1 atom stereocenters. The zero-order valence-electron chi connectivity index (χ0n) is 11.6. The maximum Gasteiger partial charge on any atom is 0.416 e. The van der Waals surface area contributed by atoms with Gasteiger partial charge < -0.3 is 19.1 Å². The molecule has 0 radical (unpaired) electrons. The molecule has 1 aromatic carbocycles. The molecule has 1 heterocycles. The van der Waals surface area contributed by atoms with Gasteiger partial charge in [-0.3, -0.25) is 0 Å². The first-order chi connectivity index (χ1) is 10.4. The smallest absolute Gasteiger partial charge is 0.416 e. The van der Waals surface area contributed by atoms with Gasteiger partial charge in [0.25, 0.3) is 0 Å². The third-order valence-electron chi connectivity index (χ3n) is 2.70. The van der Waals surface area contributed by atoms with Gasteiger partial charge in [0.2, 0.25) is 6.29 Å². The molecule has 0 aliphatic rings. The quantitative estimate of drug-likeness (QED) is 0.828. The lowest BCUT2D eigenvalue weighted by molar-refractivity contribution is -0.137. The Balaban J connectivity index is 1.99. The average molecular weight is 317 g/mol. The number of rotatable bonds is 6. The number of aromatic nitrogens is 1. The predicted octanol–water partition coefficient (Wildman–Crippen LogP) is 3.30. The first kappa shape index (κ1) is 16.3. The summed E-state index contributed by atoms with van der Waals surface area (Å²) in [5.41, 5.74) is -0.625. The standard InChI is InChI=1S/C14H14F3NO4/c1-2-20-13(19)12-7-11(22-18-12)8-21-10-5-3-4-9(6-10)14(15,16)17/h3-7,13,19H,2,8H2,1H3. The number of nitrogens with zero attached hydrogens (tertiary/aromatic N) is 1. The summed E-state index contributed by atoms with van der Waals surface area (Å²) in [5, 5.41) is 13.1. The van der Waals surface area contributed by atoms with E-state index in [-0.39, 0.29) is 23.8 Å². The molecule has 1 unspecified atom stereocenters. The highest BCUT2D eigenvalue weighted by atomic mass is 19.4. The number of ether oxygens (including phenoxy) is 2. The molecule has 2 rings (SSSR count). The molecule has 0 saturated heterocycles. The molecule has 0 aliphatic heterocycles. The molecule has 5 nitrogen and oxygen atoms in total. The summed E-state index contributed by atoms with van der Waals surface area (Å²) in [4.78, 5) is 0. The molecule has 0 aliphatic carbocycles. The van der Waals surface area contributed by atoms with Crippen LogP contribution in [0.15, 0.2) is 34.9 Å². The molecule has 22 heavy (non-hydrogen) atoms. The Hall–Kier alpha value is -2.06. The van der Waals surface area contributed by atoms with Crippen molar-refractivity contribution in [2.24, 2.45) is 0 Å². The SMILES string of the molecule is CCOC(O)c1cc(COc2cccc(C(F)(F)F)c2)on1. The van der Waals surface area contributed by atoms with Gasteiger partial charge in [0.05, 0.1) is 5.56 Å². The van der Waals surface area contributed by atoms with Gasteiger partial charge in [-0.15, -0.1) is 0 Å². The molecular formula is C14H14F3NO4. The Morgan fingerprint density at radius 1 is 1.32 bits per heavy atom. The maximum atomic E-state index is 12.6. The lowest BCUT2D eigenvalue weighted by Crippen LogP contribution is -2.05. The minimum absolute atomic E-state index is 0.0538. The van der Waals surface area contributed by atoms with Crippen LogP contribution in [0.1, 0.15) is 30.2 Å². The maximum absolute atomic E-state index is 12.6. The fourth-order valence-corrected chi connectivity index (χ4v) is 1.67. The minimum Gasteiger partial charge on any atom is -0.486 e. The topological polar surface area (TPSA) is 64.7 Å². The van der Waals surface area contributed by atoms with E-state index in [1.807, 2.05) is 0 Å². The Morgan fingerprint density at radius 3 is 2.77 bits per heavy atom.